The first-order valence-electron chi connectivity index (χ1n) is 8.82. The zero-order valence-electron chi connectivity index (χ0n) is 16.3. The number of carboxylic acid groups (broad SMARTS) is 1. The number of thiophene rings is 1. The van der Waals surface area contributed by atoms with Gasteiger partial charge < -0.3 is 15.2 Å². The number of carbonyl (C=O) groups is 3. The van der Waals surface area contributed by atoms with Crippen LogP contribution in [0, 0.1) is 0 Å². The molecule has 0 aliphatic heterocycles. The van der Waals surface area contributed by atoms with Crippen molar-refractivity contribution < 1.29 is 37.4 Å². The third-order valence-corrected chi connectivity index (χ3v) is 6.00. The van der Waals surface area contributed by atoms with Gasteiger partial charge in [-0.15, -0.1) is 24.5 Å². The molecule has 0 unspecified atom stereocenters. The summed E-state index contributed by atoms with van der Waals surface area (Å²) < 4.78 is 39.3. The summed E-state index contributed by atoms with van der Waals surface area (Å²) in [6, 6.07) is 6.07. The van der Waals surface area contributed by atoms with Crippen molar-refractivity contribution in [2.75, 3.05) is 11.9 Å². The first-order valence-corrected chi connectivity index (χ1v) is 10.7. The lowest BCUT2D eigenvalue weighted by Crippen LogP contribution is -2.46. The molecule has 12 heteroatoms. The van der Waals surface area contributed by atoms with Crippen LogP contribution in [0.3, 0.4) is 0 Å². The number of rotatable bonds is 9. The van der Waals surface area contributed by atoms with E-state index in [0.29, 0.717) is 6.42 Å². The van der Waals surface area contributed by atoms with Gasteiger partial charge in [-0.1, -0.05) is 6.92 Å². The van der Waals surface area contributed by atoms with Gasteiger partial charge in [0.05, 0.1) is 12.1 Å². The number of aliphatic carboxylic acids is 1. The third kappa shape index (κ3) is 7.18. The molecule has 0 aliphatic carbocycles. The molecule has 1 heterocycles. The number of benzene rings is 1. The highest BCUT2D eigenvalue weighted by Crippen LogP contribution is 2.31. The fourth-order valence-corrected chi connectivity index (χ4v) is 3.53. The molecule has 0 radical (unpaired) electrons. The number of amides is 1. The van der Waals surface area contributed by atoms with Crippen LogP contribution in [0.25, 0.3) is 0 Å². The normalized spacial score (nSPS) is 13.4. The monoisotopic (exact) mass is 570 g/mol. The van der Waals surface area contributed by atoms with Crippen molar-refractivity contribution >= 4 is 56.6 Å². The highest BCUT2D eigenvalue weighted by atomic mass is 127. The molecule has 0 fully saturated rings. The minimum absolute atomic E-state index is 0.120. The quantitative estimate of drug-likeness (QED) is 0.181. The smallest absolute Gasteiger partial charge is 0.479 e. The number of hydrogen-bond donors (Lipinski definition) is 3. The molecular weight excluding hydrogens is 552 g/mol. The Morgan fingerprint density at radius 3 is 2.32 bits per heavy atom. The molecule has 1 amide bonds. The third-order valence-electron chi connectivity index (χ3n) is 3.96. The van der Waals surface area contributed by atoms with Crippen molar-refractivity contribution in [1.29, 1.82) is 0 Å². The van der Waals surface area contributed by atoms with E-state index < -0.39 is 33.3 Å². The van der Waals surface area contributed by atoms with Crippen molar-refractivity contribution in [3.05, 3.63) is 46.3 Å². The molecule has 31 heavy (non-hydrogen) atoms. The van der Waals surface area contributed by atoms with Gasteiger partial charge in [-0.25, -0.2) is 4.79 Å². The number of carboxylic acids is 1. The largest absolute Gasteiger partial charge is 0.573 e. The minimum atomic E-state index is -4.84. The Labute approximate surface area is 193 Å². The van der Waals surface area contributed by atoms with Crippen LogP contribution in [0.15, 0.2) is 30.3 Å². The molecule has 2 aromatic rings. The highest BCUT2D eigenvalue weighted by Gasteiger charge is 2.31. The van der Waals surface area contributed by atoms with Crippen molar-refractivity contribution in [3.63, 3.8) is 0 Å². The van der Waals surface area contributed by atoms with Crippen LogP contribution in [-0.4, -0.2) is 39.2 Å². The minimum Gasteiger partial charge on any atom is -0.479 e. The number of carbonyl (C=O) groups excluding carboxylic acids is 2. The molecule has 2 rings (SSSR count). The van der Waals surface area contributed by atoms with E-state index >= 15 is 0 Å². The van der Waals surface area contributed by atoms with E-state index in [2.05, 4.69) is 15.4 Å². The predicted octanol–water partition coefficient (Wildman–Crippen LogP) is 4.20. The number of ketones is 1. The summed E-state index contributed by atoms with van der Waals surface area (Å²) in [5, 5.41) is 14.6. The summed E-state index contributed by atoms with van der Waals surface area (Å²) in [6.07, 6.45) is -4.24. The maximum absolute atomic E-state index is 12.9. The molecule has 0 bridgehead atoms. The molecular formula is C19H18F3IN2O5S. The Balaban J connectivity index is 2.18. The molecule has 1 atom stereocenters. The van der Waals surface area contributed by atoms with Crippen LogP contribution < -0.4 is 15.4 Å². The van der Waals surface area contributed by atoms with Crippen LogP contribution in [0.5, 0.6) is 5.75 Å². The number of anilines is 1. The van der Waals surface area contributed by atoms with Crippen LogP contribution in [-0.2, 0) is 16.0 Å². The average Bonchev–Trinajstić information content (AvgIpc) is 3.08. The lowest BCUT2D eigenvalue weighted by atomic mass is 10.0. The van der Waals surface area contributed by atoms with Gasteiger partial charge in [-0.05, 0) is 66.3 Å². The maximum Gasteiger partial charge on any atom is 0.573 e. The van der Waals surface area contributed by atoms with Gasteiger partial charge in [0.1, 0.15) is 10.8 Å². The van der Waals surface area contributed by atoms with Crippen LogP contribution >= 0.6 is 33.9 Å². The Morgan fingerprint density at radius 1 is 1.19 bits per heavy atom. The van der Waals surface area contributed by atoms with E-state index in [4.69, 9.17) is 5.11 Å². The second-order valence-corrected chi connectivity index (χ2v) is 9.71. The molecule has 0 aliphatic rings. The van der Waals surface area contributed by atoms with Crippen LogP contribution in [0.1, 0.15) is 34.6 Å². The van der Waals surface area contributed by atoms with Crippen molar-refractivity contribution in [3.8, 4) is 5.75 Å². The molecule has 168 valence electrons. The van der Waals surface area contributed by atoms with Crippen molar-refractivity contribution in [2.45, 2.75) is 30.2 Å². The average molecular weight is 570 g/mol. The molecule has 7 nitrogen and oxygen atoms in total. The fourth-order valence-electron chi connectivity index (χ4n) is 2.33. The van der Waals surface area contributed by atoms with Crippen molar-refractivity contribution in [1.82, 2.24) is 5.32 Å². The van der Waals surface area contributed by atoms with Crippen LogP contribution in [0.4, 0.5) is 18.2 Å². The first-order chi connectivity index (χ1) is 14.3. The van der Waals surface area contributed by atoms with Gasteiger partial charge in [0.15, 0.2) is 9.33 Å². The van der Waals surface area contributed by atoms with Gasteiger partial charge in [0.25, 0.3) is 0 Å². The second kappa shape index (κ2) is 9.96. The maximum atomic E-state index is 12.9. The van der Waals surface area contributed by atoms with Crippen molar-refractivity contribution in [2.24, 2.45) is 0 Å². The second-order valence-electron chi connectivity index (χ2n) is 6.42. The summed E-state index contributed by atoms with van der Waals surface area (Å²) in [7, 11) is 0. The van der Waals surface area contributed by atoms with E-state index in [9.17, 15) is 27.6 Å². The summed E-state index contributed by atoms with van der Waals surface area (Å²) in [5.41, 5.74) is 0.310. The topological polar surface area (TPSA) is 105 Å². The summed E-state index contributed by atoms with van der Waals surface area (Å²) in [5.74, 6) is -2.62. The lowest BCUT2D eigenvalue weighted by molar-refractivity contribution is -0.274. The number of nitrogens with one attached hydrogen (secondary N) is 2. The number of alkyl halides is 4. The number of hydrogen-bond acceptors (Lipinski definition) is 6. The van der Waals surface area contributed by atoms with Gasteiger partial charge in [0, 0.05) is 10.4 Å². The first kappa shape index (κ1) is 25.1. The summed E-state index contributed by atoms with van der Waals surface area (Å²) >= 11 is 2.84. The number of aryl methyl sites for hydroxylation is 1. The number of halogens is 4. The van der Waals surface area contributed by atoms with Gasteiger partial charge >= 0.3 is 12.3 Å². The SMILES string of the molecule is CCc1cc(C(=O)c2ccc(OC(F)(F)F)cc2)c(NC(=O)CN[C@@](C)(I)C(=O)O)s1. The molecule has 0 saturated heterocycles. The Hall–Kier alpha value is -2.19. The molecule has 3 N–H and O–H groups in total. The van der Waals surface area contributed by atoms with E-state index in [0.717, 1.165) is 17.0 Å². The Morgan fingerprint density at radius 2 is 1.81 bits per heavy atom. The Kier molecular flexibility index (Phi) is 8.05. The van der Waals surface area contributed by atoms with Gasteiger partial charge in [0.2, 0.25) is 5.91 Å². The van der Waals surface area contributed by atoms with E-state index in [1.165, 1.54) is 30.4 Å². The number of ether oxygens (including phenoxy) is 1. The van der Waals surface area contributed by atoms with E-state index in [1.807, 2.05) is 6.92 Å². The summed E-state index contributed by atoms with van der Waals surface area (Å²) in [6.45, 7) is 2.96. The predicted molar refractivity (Wildman–Crippen MR) is 117 cm³/mol. The highest BCUT2D eigenvalue weighted by molar-refractivity contribution is 14.1. The molecule has 0 saturated carbocycles. The molecule has 0 spiro atoms. The fraction of sp³-hybridized carbons (Fsp3) is 0.316. The lowest BCUT2D eigenvalue weighted by Gasteiger charge is -2.18. The summed E-state index contributed by atoms with van der Waals surface area (Å²) in [4.78, 5) is 37.1. The standard InChI is InChI=1S/C19H18F3IN2O5S/c1-3-12-8-13(15(27)10-4-6-11(7-5-10)30-19(20,21)22)16(31-12)25-14(26)9-24-18(2,23)17(28)29/h4-8,24H,3,9H2,1-2H3,(H,25,26)(H,28,29)/t18-/m1/s1. The van der Waals surface area contributed by atoms with E-state index in [-0.39, 0.29) is 22.7 Å². The molecule has 1 aromatic heterocycles. The zero-order chi connectivity index (χ0) is 23.4. The molecule has 1 aromatic carbocycles. The Bertz CT molecular complexity index is 974. The van der Waals surface area contributed by atoms with Gasteiger partial charge in [-0.2, -0.15) is 0 Å². The van der Waals surface area contributed by atoms with E-state index in [1.54, 1.807) is 28.7 Å². The van der Waals surface area contributed by atoms with Gasteiger partial charge in [-0.3, -0.25) is 14.9 Å². The van der Waals surface area contributed by atoms with Crippen LogP contribution in [0.2, 0.25) is 0 Å². The zero-order valence-corrected chi connectivity index (χ0v) is 19.3.